The fourth-order valence-corrected chi connectivity index (χ4v) is 6.00. The summed E-state index contributed by atoms with van der Waals surface area (Å²) in [6.45, 7) is 0. The summed E-state index contributed by atoms with van der Waals surface area (Å²) in [4.78, 5) is 11.9. The van der Waals surface area contributed by atoms with E-state index in [9.17, 15) is 31.5 Å². The van der Waals surface area contributed by atoms with Crippen LogP contribution < -0.4 is 0 Å². The second-order valence-corrected chi connectivity index (χ2v) is 10.3. The number of sulfone groups is 1. The predicted molar refractivity (Wildman–Crippen MR) is 111 cm³/mol. The van der Waals surface area contributed by atoms with Gasteiger partial charge in [-0.25, -0.2) is 13.2 Å². The minimum atomic E-state index is -4.62. The maximum atomic E-state index is 13.3. The molecule has 0 bridgehead atoms. The Morgan fingerprint density at radius 1 is 1.10 bits per heavy atom. The molecule has 1 aromatic heterocycles. The number of rotatable bonds is 6. The number of carboxylic acids is 1. The van der Waals surface area contributed by atoms with Crippen LogP contribution in [-0.2, 0) is 21.8 Å². The average molecular weight is 467 g/mol. The standard InChI is InChI=1S/C22H17F3O4S2/c23-22(24,25)16-6-8-17(19-2-1-9-30-19)15(10-16)12-31(28,29)20-11-14(21(26)27)5-7-18(20)13-3-4-13/h1-2,5-11,13H,3-4,12H2,(H,26,27). The predicted octanol–water partition coefficient (Wildman–Crippen LogP) is 5.98. The van der Waals surface area contributed by atoms with Crippen molar-refractivity contribution in [1.82, 2.24) is 0 Å². The summed E-state index contributed by atoms with van der Waals surface area (Å²) in [7, 11) is -4.11. The van der Waals surface area contributed by atoms with Gasteiger partial charge >= 0.3 is 12.1 Å². The molecule has 0 spiro atoms. The van der Waals surface area contributed by atoms with Crippen molar-refractivity contribution in [3.63, 3.8) is 0 Å². The Morgan fingerprint density at radius 2 is 1.84 bits per heavy atom. The van der Waals surface area contributed by atoms with Crippen LogP contribution in [0.3, 0.4) is 0 Å². The number of carbonyl (C=O) groups is 1. The van der Waals surface area contributed by atoms with Crippen LogP contribution in [0.4, 0.5) is 13.2 Å². The van der Waals surface area contributed by atoms with Gasteiger partial charge in [-0.1, -0.05) is 18.2 Å². The van der Waals surface area contributed by atoms with Gasteiger partial charge in [-0.2, -0.15) is 13.2 Å². The van der Waals surface area contributed by atoms with Gasteiger partial charge in [-0.15, -0.1) is 11.3 Å². The fraction of sp³-hybridized carbons (Fsp3) is 0.227. The van der Waals surface area contributed by atoms with E-state index < -0.39 is 33.3 Å². The van der Waals surface area contributed by atoms with E-state index in [-0.39, 0.29) is 21.9 Å². The minimum absolute atomic E-state index is 0.0193. The maximum absolute atomic E-state index is 13.3. The van der Waals surface area contributed by atoms with Crippen molar-refractivity contribution in [1.29, 1.82) is 0 Å². The lowest BCUT2D eigenvalue weighted by atomic mass is 10.0. The topological polar surface area (TPSA) is 71.4 Å². The van der Waals surface area contributed by atoms with E-state index in [1.165, 1.54) is 29.5 Å². The summed E-state index contributed by atoms with van der Waals surface area (Å²) in [6, 6.07) is 10.5. The molecule has 3 aromatic rings. The summed E-state index contributed by atoms with van der Waals surface area (Å²) in [6.07, 6.45) is -3.03. The molecular formula is C22H17F3O4S2. The van der Waals surface area contributed by atoms with Crippen molar-refractivity contribution in [2.45, 2.75) is 35.6 Å². The lowest BCUT2D eigenvalue weighted by Gasteiger charge is -2.15. The van der Waals surface area contributed by atoms with Crippen molar-refractivity contribution in [2.24, 2.45) is 0 Å². The second-order valence-electron chi connectivity index (χ2n) is 7.44. The van der Waals surface area contributed by atoms with Gasteiger partial charge in [0.2, 0.25) is 0 Å². The molecule has 162 valence electrons. The average Bonchev–Trinajstić information content (AvgIpc) is 3.40. The maximum Gasteiger partial charge on any atom is 0.416 e. The van der Waals surface area contributed by atoms with Gasteiger partial charge in [-0.3, -0.25) is 0 Å². The van der Waals surface area contributed by atoms with Gasteiger partial charge < -0.3 is 5.11 Å². The Kier molecular flexibility index (Phi) is 5.43. The van der Waals surface area contributed by atoms with E-state index >= 15 is 0 Å². The van der Waals surface area contributed by atoms with Gasteiger partial charge in [0, 0.05) is 4.88 Å². The van der Waals surface area contributed by atoms with Gasteiger partial charge in [0.25, 0.3) is 0 Å². The molecule has 0 aliphatic heterocycles. The molecule has 31 heavy (non-hydrogen) atoms. The molecule has 0 unspecified atom stereocenters. The number of thiophene rings is 1. The minimum Gasteiger partial charge on any atom is -0.478 e. The molecule has 1 aliphatic rings. The first-order valence-corrected chi connectivity index (χ1v) is 11.9. The van der Waals surface area contributed by atoms with Crippen LogP contribution in [0.15, 0.2) is 58.8 Å². The number of aromatic carboxylic acids is 1. The molecule has 4 nitrogen and oxygen atoms in total. The van der Waals surface area contributed by atoms with Crippen LogP contribution in [0.1, 0.15) is 45.8 Å². The van der Waals surface area contributed by atoms with Crippen molar-refractivity contribution in [3.05, 3.63) is 76.2 Å². The summed E-state index contributed by atoms with van der Waals surface area (Å²) in [5.74, 6) is -1.91. The Morgan fingerprint density at radius 3 is 2.42 bits per heavy atom. The molecule has 4 rings (SSSR count). The van der Waals surface area contributed by atoms with Gasteiger partial charge in [0.1, 0.15) is 0 Å². The number of alkyl halides is 3. The molecule has 1 aliphatic carbocycles. The first kappa shape index (κ1) is 21.6. The monoisotopic (exact) mass is 466 g/mol. The lowest BCUT2D eigenvalue weighted by Crippen LogP contribution is -2.12. The van der Waals surface area contributed by atoms with E-state index in [1.807, 2.05) is 0 Å². The Labute approximate surface area is 180 Å². The molecule has 2 aromatic carbocycles. The van der Waals surface area contributed by atoms with Crippen molar-refractivity contribution in [2.75, 3.05) is 0 Å². The summed E-state index contributed by atoms with van der Waals surface area (Å²) in [5, 5.41) is 11.0. The smallest absolute Gasteiger partial charge is 0.416 e. The zero-order valence-electron chi connectivity index (χ0n) is 16.0. The number of benzene rings is 2. The van der Waals surface area contributed by atoms with Crippen LogP contribution in [0.5, 0.6) is 0 Å². The molecule has 1 N–H and O–H groups in total. The molecule has 0 radical (unpaired) electrons. The van der Waals surface area contributed by atoms with E-state index in [4.69, 9.17) is 0 Å². The van der Waals surface area contributed by atoms with Crippen LogP contribution in [0.2, 0.25) is 0 Å². The largest absolute Gasteiger partial charge is 0.478 e. The number of hydrogen-bond acceptors (Lipinski definition) is 4. The van der Waals surface area contributed by atoms with Crippen molar-refractivity contribution >= 4 is 27.1 Å². The molecule has 0 amide bonds. The third-order valence-corrected chi connectivity index (χ3v) is 7.80. The molecule has 0 saturated heterocycles. The molecule has 0 atom stereocenters. The third kappa shape index (κ3) is 4.52. The molecule has 1 fully saturated rings. The number of hydrogen-bond donors (Lipinski definition) is 1. The lowest BCUT2D eigenvalue weighted by molar-refractivity contribution is -0.137. The van der Waals surface area contributed by atoms with Crippen LogP contribution >= 0.6 is 11.3 Å². The fourth-order valence-electron chi connectivity index (χ4n) is 3.51. The Balaban J connectivity index is 1.83. The van der Waals surface area contributed by atoms with Crippen LogP contribution in [-0.4, -0.2) is 19.5 Å². The van der Waals surface area contributed by atoms with E-state index in [0.717, 1.165) is 31.0 Å². The van der Waals surface area contributed by atoms with Crippen LogP contribution in [0.25, 0.3) is 10.4 Å². The van der Waals surface area contributed by atoms with Gasteiger partial charge in [0.15, 0.2) is 9.84 Å². The highest BCUT2D eigenvalue weighted by atomic mass is 32.2. The zero-order valence-corrected chi connectivity index (χ0v) is 17.7. The van der Waals surface area contributed by atoms with E-state index in [0.29, 0.717) is 16.0 Å². The third-order valence-electron chi connectivity index (χ3n) is 5.18. The first-order valence-electron chi connectivity index (χ1n) is 9.40. The van der Waals surface area contributed by atoms with Crippen molar-refractivity contribution in [3.8, 4) is 10.4 Å². The number of carboxylic acid groups (broad SMARTS) is 1. The first-order chi connectivity index (χ1) is 14.6. The summed E-state index contributed by atoms with van der Waals surface area (Å²) >= 11 is 1.30. The molecule has 1 heterocycles. The zero-order chi connectivity index (χ0) is 22.4. The molecule has 1 saturated carbocycles. The van der Waals surface area contributed by atoms with E-state index in [2.05, 4.69) is 0 Å². The SMILES string of the molecule is O=C(O)c1ccc(C2CC2)c(S(=O)(=O)Cc2cc(C(F)(F)F)ccc2-c2cccs2)c1. The van der Waals surface area contributed by atoms with Crippen LogP contribution in [0, 0.1) is 0 Å². The molecular weight excluding hydrogens is 449 g/mol. The Bertz CT molecular complexity index is 1240. The normalized spacial score (nSPS) is 14.5. The number of halogens is 3. The quantitative estimate of drug-likeness (QED) is 0.485. The van der Waals surface area contributed by atoms with Crippen molar-refractivity contribution < 1.29 is 31.5 Å². The molecule has 9 heteroatoms. The van der Waals surface area contributed by atoms with E-state index in [1.54, 1.807) is 17.5 Å². The second kappa shape index (κ2) is 7.80. The Hall–Kier alpha value is -2.65. The summed E-state index contributed by atoms with van der Waals surface area (Å²) in [5.41, 5.74) is -0.145. The summed E-state index contributed by atoms with van der Waals surface area (Å²) < 4.78 is 66.6. The van der Waals surface area contributed by atoms with Gasteiger partial charge in [0.05, 0.1) is 21.8 Å². The highest BCUT2D eigenvalue weighted by Gasteiger charge is 2.34. The highest BCUT2D eigenvalue weighted by molar-refractivity contribution is 7.90. The highest BCUT2D eigenvalue weighted by Crippen LogP contribution is 2.44. The van der Waals surface area contributed by atoms with Gasteiger partial charge in [-0.05, 0) is 71.2 Å².